The molecule has 0 fully saturated rings. The van der Waals surface area contributed by atoms with Gasteiger partial charge in [-0.05, 0) is 13.3 Å². The lowest BCUT2D eigenvalue weighted by Crippen LogP contribution is -2.32. The highest BCUT2D eigenvalue weighted by molar-refractivity contribution is 5.92. The van der Waals surface area contributed by atoms with E-state index in [-0.39, 0.29) is 17.6 Å². The monoisotopic (exact) mass is 183 g/mol. The number of carbonyl (C=O) groups is 1. The zero-order valence-corrected chi connectivity index (χ0v) is 7.53. The highest BCUT2D eigenvalue weighted by Gasteiger charge is 2.13. The molecule has 5 nitrogen and oxygen atoms in total. The molecule has 0 aliphatic rings. The molecular weight excluding hydrogens is 172 g/mol. The molecule has 1 aromatic rings. The molecule has 0 bridgehead atoms. The van der Waals surface area contributed by atoms with Gasteiger partial charge in [0.05, 0.1) is 6.07 Å². The van der Waals surface area contributed by atoms with E-state index in [9.17, 15) is 9.90 Å². The highest BCUT2D eigenvalue weighted by atomic mass is 16.5. The smallest absolute Gasteiger partial charge is 0.348 e. The lowest BCUT2D eigenvalue weighted by molar-refractivity contribution is 0.0929. The Morgan fingerprint density at radius 1 is 1.77 bits per heavy atom. The summed E-state index contributed by atoms with van der Waals surface area (Å²) in [6, 6.07) is 1.14. The summed E-state index contributed by atoms with van der Waals surface area (Å²) >= 11 is 0. The second kappa shape index (κ2) is 3.93. The van der Waals surface area contributed by atoms with Gasteiger partial charge in [0.15, 0.2) is 5.69 Å². The maximum Gasteiger partial charge on any atom is 0.361 e. The first-order valence-electron chi connectivity index (χ1n) is 4.08. The molecule has 1 amide bonds. The summed E-state index contributed by atoms with van der Waals surface area (Å²) in [5.74, 6) is -0.977. The van der Waals surface area contributed by atoms with E-state index in [1.807, 2.05) is 13.8 Å². The molecule has 5 heteroatoms. The van der Waals surface area contributed by atoms with Crippen LogP contribution in [0.15, 0.2) is 10.6 Å². The third kappa shape index (κ3) is 2.47. The van der Waals surface area contributed by atoms with Crippen molar-refractivity contribution < 1.29 is 14.4 Å². The minimum atomic E-state index is -0.602. The summed E-state index contributed by atoms with van der Waals surface area (Å²) in [6.45, 7) is 3.82. The topological polar surface area (TPSA) is 75.0 Å². The summed E-state index contributed by atoms with van der Waals surface area (Å²) in [7, 11) is 0. The molecule has 0 aliphatic heterocycles. The number of nitrogens with one attached hydrogen (secondary N) is 1. The number of hydrogen-bond acceptors (Lipinski definition) is 3. The van der Waals surface area contributed by atoms with Gasteiger partial charge in [0, 0.05) is 6.04 Å². The minimum absolute atomic E-state index is 0.0327. The van der Waals surface area contributed by atoms with Gasteiger partial charge < -0.3 is 9.84 Å². The summed E-state index contributed by atoms with van der Waals surface area (Å²) in [5, 5.41) is 16.5. The Hall–Kier alpha value is -1.52. The van der Waals surface area contributed by atoms with E-state index >= 15 is 0 Å². The van der Waals surface area contributed by atoms with Gasteiger partial charge >= 0.3 is 5.95 Å². The van der Waals surface area contributed by atoms with Gasteiger partial charge in [-0.3, -0.25) is 4.79 Å². The number of rotatable bonds is 3. The molecule has 0 saturated heterocycles. The van der Waals surface area contributed by atoms with Crippen molar-refractivity contribution >= 4 is 5.91 Å². The molecule has 1 atom stereocenters. The van der Waals surface area contributed by atoms with E-state index in [0.29, 0.717) is 0 Å². The van der Waals surface area contributed by atoms with Crippen molar-refractivity contribution in [3.8, 4) is 5.95 Å². The van der Waals surface area contributed by atoms with E-state index < -0.39 is 5.95 Å². The lowest BCUT2D eigenvalue weighted by Gasteiger charge is -2.08. The molecule has 71 valence electrons. The van der Waals surface area contributed by atoms with Crippen LogP contribution in [0.2, 0.25) is 0 Å². The van der Waals surface area contributed by atoms with E-state index in [1.54, 1.807) is 0 Å². The van der Waals surface area contributed by atoms with Crippen LogP contribution in [0, 0.1) is 0 Å². The first-order valence-corrected chi connectivity index (χ1v) is 4.08. The van der Waals surface area contributed by atoms with Crippen LogP contribution >= 0.6 is 0 Å². The molecular formula is C8H11N2O3. The average Bonchev–Trinajstić information content (AvgIpc) is 2.51. The number of amides is 1. The molecule has 1 aromatic heterocycles. The van der Waals surface area contributed by atoms with Crippen LogP contribution < -0.4 is 5.32 Å². The van der Waals surface area contributed by atoms with Crippen molar-refractivity contribution in [3.63, 3.8) is 0 Å². The van der Waals surface area contributed by atoms with Crippen molar-refractivity contribution in [2.45, 2.75) is 26.3 Å². The number of hydrogen-bond donors (Lipinski definition) is 1. The fourth-order valence-corrected chi connectivity index (χ4v) is 0.765. The first-order chi connectivity index (χ1) is 6.13. The summed E-state index contributed by atoms with van der Waals surface area (Å²) in [6.07, 6.45) is 0.827. The van der Waals surface area contributed by atoms with Gasteiger partial charge in [0.2, 0.25) is 0 Å². The van der Waals surface area contributed by atoms with Crippen LogP contribution in [-0.4, -0.2) is 17.1 Å². The van der Waals surface area contributed by atoms with Crippen molar-refractivity contribution in [3.05, 3.63) is 11.8 Å². The molecule has 1 rings (SSSR count). The van der Waals surface area contributed by atoms with Gasteiger partial charge in [-0.2, -0.15) is 0 Å². The van der Waals surface area contributed by atoms with Crippen molar-refractivity contribution in [1.82, 2.24) is 10.5 Å². The Morgan fingerprint density at radius 2 is 2.46 bits per heavy atom. The predicted molar refractivity (Wildman–Crippen MR) is 43.9 cm³/mol. The predicted octanol–water partition coefficient (Wildman–Crippen LogP) is 1.35. The SMILES string of the molecule is CCC(C)NC(=O)c1cc([O])on1. The zero-order valence-electron chi connectivity index (χ0n) is 7.53. The summed E-state index contributed by atoms with van der Waals surface area (Å²) in [4.78, 5) is 11.3. The summed E-state index contributed by atoms with van der Waals surface area (Å²) in [5.41, 5.74) is 0.0327. The van der Waals surface area contributed by atoms with Crippen LogP contribution in [0.1, 0.15) is 30.8 Å². The third-order valence-electron chi connectivity index (χ3n) is 1.71. The van der Waals surface area contributed by atoms with Gasteiger partial charge in [-0.1, -0.05) is 12.1 Å². The molecule has 1 heterocycles. The highest BCUT2D eigenvalue weighted by Crippen LogP contribution is 2.10. The van der Waals surface area contributed by atoms with E-state index in [2.05, 4.69) is 15.0 Å². The maximum atomic E-state index is 11.3. The van der Waals surface area contributed by atoms with Crippen LogP contribution in [-0.2, 0) is 5.11 Å². The van der Waals surface area contributed by atoms with Crippen LogP contribution in [0.3, 0.4) is 0 Å². The maximum absolute atomic E-state index is 11.3. The Bertz CT molecular complexity index is 295. The third-order valence-corrected chi connectivity index (χ3v) is 1.71. The number of carbonyl (C=O) groups excluding carboxylic acids is 1. The molecule has 1 radical (unpaired) electrons. The summed E-state index contributed by atoms with van der Waals surface area (Å²) < 4.78 is 4.23. The second-order valence-corrected chi connectivity index (χ2v) is 2.81. The average molecular weight is 183 g/mol. The molecule has 0 saturated carbocycles. The molecule has 1 unspecified atom stereocenters. The van der Waals surface area contributed by atoms with E-state index in [1.165, 1.54) is 0 Å². The minimum Gasteiger partial charge on any atom is -0.348 e. The van der Waals surface area contributed by atoms with Crippen LogP contribution in [0.5, 0.6) is 5.95 Å². The number of nitrogens with zero attached hydrogens (tertiary/aromatic N) is 1. The van der Waals surface area contributed by atoms with Gasteiger partial charge in [-0.25, -0.2) is 5.11 Å². The largest absolute Gasteiger partial charge is 0.361 e. The van der Waals surface area contributed by atoms with Crippen molar-refractivity contribution in [1.29, 1.82) is 0 Å². The molecule has 1 N–H and O–H groups in total. The Balaban J connectivity index is 2.58. The normalized spacial score (nSPS) is 12.5. The fraction of sp³-hybridized carbons (Fsp3) is 0.500. The molecule has 0 spiro atoms. The lowest BCUT2D eigenvalue weighted by atomic mass is 10.2. The Labute approximate surface area is 75.7 Å². The Kier molecular flexibility index (Phi) is 2.89. The van der Waals surface area contributed by atoms with E-state index in [0.717, 1.165) is 12.5 Å². The standard InChI is InChI=1S/C8H11N2O3/c1-3-5(2)9-8(12)6-4-7(11)13-10-6/h4-5H,3H2,1-2H3,(H,9,12). The van der Waals surface area contributed by atoms with Gasteiger partial charge in [-0.15, -0.1) is 0 Å². The number of aromatic nitrogens is 1. The van der Waals surface area contributed by atoms with E-state index in [4.69, 9.17) is 0 Å². The van der Waals surface area contributed by atoms with Gasteiger partial charge in [0.1, 0.15) is 0 Å². The quantitative estimate of drug-likeness (QED) is 0.768. The Morgan fingerprint density at radius 3 is 2.92 bits per heavy atom. The molecule has 0 aromatic carbocycles. The van der Waals surface area contributed by atoms with Gasteiger partial charge in [0.25, 0.3) is 5.91 Å². The second-order valence-electron chi connectivity index (χ2n) is 2.81. The first kappa shape index (κ1) is 9.57. The van der Waals surface area contributed by atoms with Crippen molar-refractivity contribution in [2.75, 3.05) is 0 Å². The zero-order chi connectivity index (χ0) is 9.84. The fourth-order valence-electron chi connectivity index (χ4n) is 0.765. The van der Waals surface area contributed by atoms with Crippen LogP contribution in [0.4, 0.5) is 0 Å². The molecule has 13 heavy (non-hydrogen) atoms. The van der Waals surface area contributed by atoms with Crippen LogP contribution in [0.25, 0.3) is 0 Å². The molecule has 0 aliphatic carbocycles. The van der Waals surface area contributed by atoms with Crippen molar-refractivity contribution in [2.24, 2.45) is 0 Å².